The fourth-order valence-corrected chi connectivity index (χ4v) is 5.14. The Bertz CT molecular complexity index is 1030. The maximum absolute atomic E-state index is 12.7. The van der Waals surface area contributed by atoms with Crippen LogP contribution in [0.1, 0.15) is 18.4 Å². The van der Waals surface area contributed by atoms with Crippen molar-refractivity contribution in [3.8, 4) is 5.82 Å². The van der Waals surface area contributed by atoms with Crippen molar-refractivity contribution >= 4 is 17.8 Å². The van der Waals surface area contributed by atoms with Gasteiger partial charge in [-0.2, -0.15) is 0 Å². The monoisotopic (exact) mass is 433 g/mol. The summed E-state index contributed by atoms with van der Waals surface area (Å²) in [5.74, 6) is 1.80. The zero-order valence-electron chi connectivity index (χ0n) is 18.0. The van der Waals surface area contributed by atoms with Crippen LogP contribution in [0.5, 0.6) is 0 Å². The molecule has 3 aliphatic rings. The van der Waals surface area contributed by atoms with E-state index in [0.29, 0.717) is 32.0 Å². The van der Waals surface area contributed by atoms with E-state index in [1.807, 2.05) is 22.9 Å². The third-order valence-electron chi connectivity index (χ3n) is 6.67. The Kier molecular flexibility index (Phi) is 5.46. The first kappa shape index (κ1) is 20.4. The number of carbonyl (C=O) groups excluding carboxylic acids is 2. The van der Waals surface area contributed by atoms with Crippen molar-refractivity contribution < 1.29 is 9.59 Å². The van der Waals surface area contributed by atoms with Gasteiger partial charge in [0.1, 0.15) is 12.1 Å². The molecule has 2 fully saturated rings. The fraction of sp³-hybridized carbons (Fsp3) is 0.435. The molecule has 4 atom stereocenters. The third kappa shape index (κ3) is 3.68. The van der Waals surface area contributed by atoms with Crippen LogP contribution in [0.15, 0.2) is 54.2 Å². The first-order valence-corrected chi connectivity index (χ1v) is 11.1. The van der Waals surface area contributed by atoms with E-state index in [2.05, 4.69) is 37.7 Å². The Morgan fingerprint density at radius 3 is 2.62 bits per heavy atom. The molecule has 0 radical (unpaired) electrons. The molecule has 3 heterocycles. The predicted octanol–water partition coefficient (Wildman–Crippen LogP) is 1.13. The van der Waals surface area contributed by atoms with E-state index in [-0.39, 0.29) is 35.5 Å². The summed E-state index contributed by atoms with van der Waals surface area (Å²) in [7, 11) is 1.72. The van der Waals surface area contributed by atoms with Crippen molar-refractivity contribution in [2.24, 2.45) is 28.7 Å². The number of guanidine groups is 1. The highest BCUT2D eigenvalue weighted by molar-refractivity contribution is 6.06. The largest absolute Gasteiger partial charge is 0.356 e. The number of hydrogen-bond acceptors (Lipinski definition) is 5. The Labute approximate surface area is 186 Å². The minimum Gasteiger partial charge on any atom is -0.356 e. The SMILES string of the molecule is CN=C(NCCCN1C(=O)C2C3C=CC(C3)C2C1=O)NCc1ccnc(-n2ccnc2)c1. The highest BCUT2D eigenvalue weighted by atomic mass is 16.2. The van der Waals surface area contributed by atoms with E-state index in [1.165, 1.54) is 4.90 Å². The quantitative estimate of drug-likeness (QED) is 0.223. The number of fused-ring (bicyclic) bond motifs is 5. The van der Waals surface area contributed by atoms with Crippen molar-refractivity contribution in [1.29, 1.82) is 0 Å². The smallest absolute Gasteiger partial charge is 0.233 e. The lowest BCUT2D eigenvalue weighted by atomic mass is 9.85. The van der Waals surface area contributed by atoms with Gasteiger partial charge in [0.25, 0.3) is 0 Å². The molecule has 166 valence electrons. The molecule has 2 aromatic rings. The van der Waals surface area contributed by atoms with E-state index in [4.69, 9.17) is 0 Å². The molecule has 1 saturated carbocycles. The molecule has 5 rings (SSSR count). The molecule has 1 aliphatic heterocycles. The summed E-state index contributed by atoms with van der Waals surface area (Å²) in [6, 6.07) is 3.94. The van der Waals surface area contributed by atoms with Crippen LogP contribution in [-0.4, -0.2) is 57.3 Å². The van der Waals surface area contributed by atoms with Crippen LogP contribution in [0.3, 0.4) is 0 Å². The molecule has 9 heteroatoms. The van der Waals surface area contributed by atoms with Crippen molar-refractivity contribution in [2.75, 3.05) is 20.1 Å². The molecule has 9 nitrogen and oxygen atoms in total. The second-order valence-electron chi connectivity index (χ2n) is 8.53. The topological polar surface area (TPSA) is 105 Å². The van der Waals surface area contributed by atoms with Gasteiger partial charge in [-0.05, 0) is 42.4 Å². The molecule has 2 bridgehead atoms. The zero-order chi connectivity index (χ0) is 22.1. The normalized spacial score (nSPS) is 26.2. The average Bonchev–Trinajstić information content (AvgIpc) is 3.60. The van der Waals surface area contributed by atoms with E-state index in [0.717, 1.165) is 17.8 Å². The molecule has 2 amide bonds. The maximum atomic E-state index is 12.7. The number of aliphatic imine (C=N–C) groups is 1. The first-order chi connectivity index (χ1) is 15.7. The summed E-state index contributed by atoms with van der Waals surface area (Å²) in [5, 5.41) is 6.55. The van der Waals surface area contributed by atoms with Crippen molar-refractivity contribution in [3.05, 3.63) is 54.8 Å². The minimum absolute atomic E-state index is 0.0192. The van der Waals surface area contributed by atoms with E-state index < -0.39 is 0 Å². The summed E-state index contributed by atoms with van der Waals surface area (Å²) in [5.41, 5.74) is 1.06. The van der Waals surface area contributed by atoms with Gasteiger partial charge >= 0.3 is 0 Å². The van der Waals surface area contributed by atoms with Crippen LogP contribution in [0.2, 0.25) is 0 Å². The molecular formula is C23H27N7O2. The maximum Gasteiger partial charge on any atom is 0.233 e. The van der Waals surface area contributed by atoms with Gasteiger partial charge in [0, 0.05) is 45.3 Å². The van der Waals surface area contributed by atoms with Gasteiger partial charge in [0.15, 0.2) is 5.96 Å². The number of imide groups is 1. The van der Waals surface area contributed by atoms with Gasteiger partial charge in [-0.3, -0.25) is 24.0 Å². The fourth-order valence-electron chi connectivity index (χ4n) is 5.14. The van der Waals surface area contributed by atoms with Crippen molar-refractivity contribution in [1.82, 2.24) is 30.1 Å². The summed E-state index contributed by atoms with van der Waals surface area (Å²) in [6.07, 6.45) is 12.9. The van der Waals surface area contributed by atoms with Gasteiger partial charge < -0.3 is 10.6 Å². The Balaban J connectivity index is 1.08. The molecule has 2 N–H and O–H groups in total. The second-order valence-corrected chi connectivity index (χ2v) is 8.53. The standard InChI is InChI=1S/C23H27N7O2/c1-24-23(28-13-15-5-7-26-18(11-15)29-10-8-25-14-29)27-6-2-9-30-21(31)19-16-3-4-17(12-16)20(19)22(30)32/h3-5,7-8,10-11,14,16-17,19-20H,2,6,9,12-13H2,1H3,(H2,24,27,28). The molecule has 0 spiro atoms. The highest BCUT2D eigenvalue weighted by Crippen LogP contribution is 2.52. The summed E-state index contributed by atoms with van der Waals surface area (Å²) >= 11 is 0. The van der Waals surface area contributed by atoms with Crippen molar-refractivity contribution in [3.63, 3.8) is 0 Å². The minimum atomic E-state index is -0.118. The van der Waals surface area contributed by atoms with Crippen LogP contribution < -0.4 is 10.6 Å². The number of nitrogens with one attached hydrogen (secondary N) is 2. The zero-order valence-corrected chi connectivity index (χ0v) is 18.0. The van der Waals surface area contributed by atoms with Crippen LogP contribution in [0, 0.1) is 23.7 Å². The average molecular weight is 434 g/mol. The summed E-state index contributed by atoms with van der Waals surface area (Å²) in [4.78, 5) is 39.6. The van der Waals surface area contributed by atoms with E-state index >= 15 is 0 Å². The van der Waals surface area contributed by atoms with Crippen LogP contribution in [0.25, 0.3) is 5.82 Å². The molecule has 32 heavy (non-hydrogen) atoms. The second kappa shape index (κ2) is 8.57. The molecular weight excluding hydrogens is 406 g/mol. The van der Waals surface area contributed by atoms with E-state index in [1.54, 1.807) is 25.8 Å². The third-order valence-corrected chi connectivity index (χ3v) is 6.67. The summed E-state index contributed by atoms with van der Waals surface area (Å²) in [6.45, 7) is 1.66. The van der Waals surface area contributed by atoms with Crippen LogP contribution in [-0.2, 0) is 16.1 Å². The number of aromatic nitrogens is 3. The molecule has 0 aromatic carbocycles. The molecule has 1 saturated heterocycles. The number of allylic oxidation sites excluding steroid dienone is 2. The number of carbonyl (C=O) groups is 2. The number of pyridine rings is 1. The van der Waals surface area contributed by atoms with Crippen LogP contribution in [0.4, 0.5) is 0 Å². The number of rotatable bonds is 7. The highest BCUT2D eigenvalue weighted by Gasteiger charge is 2.58. The Morgan fingerprint density at radius 1 is 1.16 bits per heavy atom. The van der Waals surface area contributed by atoms with Gasteiger partial charge in [0.2, 0.25) is 11.8 Å². The molecule has 2 aliphatic carbocycles. The Hall–Kier alpha value is -3.49. The molecule has 2 aromatic heterocycles. The number of imidazole rings is 1. The van der Waals surface area contributed by atoms with Gasteiger partial charge in [-0.1, -0.05) is 12.2 Å². The Morgan fingerprint density at radius 2 is 1.94 bits per heavy atom. The number of likely N-dealkylation sites (tertiary alicyclic amines) is 1. The van der Waals surface area contributed by atoms with Gasteiger partial charge in [0.05, 0.1) is 11.8 Å². The lowest BCUT2D eigenvalue weighted by Gasteiger charge is -2.18. The lowest BCUT2D eigenvalue weighted by Crippen LogP contribution is -2.39. The molecule has 4 unspecified atom stereocenters. The predicted molar refractivity (Wildman–Crippen MR) is 119 cm³/mol. The van der Waals surface area contributed by atoms with Gasteiger partial charge in [-0.25, -0.2) is 9.97 Å². The number of amides is 2. The first-order valence-electron chi connectivity index (χ1n) is 11.1. The van der Waals surface area contributed by atoms with Gasteiger partial charge in [-0.15, -0.1) is 0 Å². The lowest BCUT2D eigenvalue weighted by molar-refractivity contribution is -0.140. The van der Waals surface area contributed by atoms with Crippen LogP contribution >= 0.6 is 0 Å². The number of hydrogen-bond donors (Lipinski definition) is 2. The summed E-state index contributed by atoms with van der Waals surface area (Å²) < 4.78 is 1.85. The van der Waals surface area contributed by atoms with Crippen molar-refractivity contribution in [2.45, 2.75) is 19.4 Å². The van der Waals surface area contributed by atoms with E-state index in [9.17, 15) is 9.59 Å². The number of nitrogens with zero attached hydrogens (tertiary/aromatic N) is 5.